The molecule has 2 aromatic rings. The van der Waals surface area contributed by atoms with E-state index in [4.69, 9.17) is 14.2 Å². The van der Waals surface area contributed by atoms with Crippen LogP contribution in [0, 0.1) is 0 Å². The van der Waals surface area contributed by atoms with Crippen LogP contribution >= 0.6 is 0 Å². The molecule has 3 rings (SSSR count). The molecule has 0 radical (unpaired) electrons. The summed E-state index contributed by atoms with van der Waals surface area (Å²) in [6, 6.07) is 12.9. The number of nitrogens with one attached hydrogen (secondary N) is 2. The fraction of sp³-hybridized carbons (Fsp3) is 0.150. The topological polar surface area (TPSA) is 103 Å². The molecule has 2 N–H and O–H groups in total. The van der Waals surface area contributed by atoms with Crippen molar-refractivity contribution >= 4 is 24.0 Å². The van der Waals surface area contributed by atoms with Crippen molar-refractivity contribution in [2.75, 3.05) is 13.8 Å². The Morgan fingerprint density at radius 1 is 1.07 bits per heavy atom. The monoisotopic (exact) mass is 382 g/mol. The van der Waals surface area contributed by atoms with E-state index in [9.17, 15) is 14.4 Å². The minimum absolute atomic E-state index is 0.156. The van der Waals surface area contributed by atoms with Crippen molar-refractivity contribution in [3.63, 3.8) is 0 Å². The summed E-state index contributed by atoms with van der Waals surface area (Å²) in [5, 5.41) is 4.39. The van der Waals surface area contributed by atoms with Crippen LogP contribution in [0.5, 0.6) is 11.5 Å². The van der Waals surface area contributed by atoms with E-state index in [2.05, 4.69) is 10.6 Å². The van der Waals surface area contributed by atoms with Gasteiger partial charge in [0, 0.05) is 18.7 Å². The van der Waals surface area contributed by atoms with Gasteiger partial charge in [-0.2, -0.15) is 0 Å². The minimum atomic E-state index is -1.27. The predicted octanol–water partition coefficient (Wildman–Crippen LogP) is 2.17. The Morgan fingerprint density at radius 3 is 2.57 bits per heavy atom. The Labute approximate surface area is 161 Å². The van der Waals surface area contributed by atoms with Gasteiger partial charge in [0.2, 0.25) is 12.9 Å². The average molecular weight is 382 g/mol. The van der Waals surface area contributed by atoms with Gasteiger partial charge < -0.3 is 19.5 Å². The molecule has 0 saturated carbocycles. The predicted molar refractivity (Wildman–Crippen MR) is 99.5 cm³/mol. The normalized spacial score (nSPS) is 13.0. The van der Waals surface area contributed by atoms with E-state index in [0.29, 0.717) is 22.6 Å². The molecule has 0 fully saturated rings. The Kier molecular flexibility index (Phi) is 5.91. The Balaban J connectivity index is 1.71. The molecule has 0 saturated heterocycles. The molecular weight excluding hydrogens is 364 g/mol. The molecule has 0 aliphatic carbocycles. The number of esters is 1. The zero-order chi connectivity index (χ0) is 19.9. The Bertz CT molecular complexity index is 910. The van der Waals surface area contributed by atoms with Crippen LogP contribution in [-0.2, 0) is 14.3 Å². The van der Waals surface area contributed by atoms with Gasteiger partial charge in [-0.3, -0.25) is 10.1 Å². The van der Waals surface area contributed by atoms with Gasteiger partial charge in [0.25, 0.3) is 5.91 Å². The number of imide groups is 1. The lowest BCUT2D eigenvalue weighted by molar-refractivity contribution is -0.151. The molecule has 1 atom stereocenters. The van der Waals surface area contributed by atoms with E-state index in [1.807, 2.05) is 0 Å². The highest BCUT2D eigenvalue weighted by molar-refractivity contribution is 5.98. The number of rotatable bonds is 5. The van der Waals surface area contributed by atoms with E-state index in [0.717, 1.165) is 0 Å². The number of hydrogen-bond donors (Lipinski definition) is 2. The smallest absolute Gasteiger partial charge is 0.331 e. The number of hydrogen-bond acceptors (Lipinski definition) is 6. The molecule has 0 spiro atoms. The lowest BCUT2D eigenvalue weighted by Crippen LogP contribution is -2.41. The first kappa shape index (κ1) is 19.0. The SMILES string of the molecule is CNC(=O)NC(=O)[C@H](OC(=O)/C=C/c1ccc2c(c1)OCO2)c1ccccc1. The highest BCUT2D eigenvalue weighted by Gasteiger charge is 2.25. The number of fused-ring (bicyclic) bond motifs is 1. The van der Waals surface area contributed by atoms with Crippen LogP contribution in [0.25, 0.3) is 6.08 Å². The van der Waals surface area contributed by atoms with Crippen LogP contribution in [0.2, 0.25) is 0 Å². The van der Waals surface area contributed by atoms with Crippen molar-refractivity contribution in [1.29, 1.82) is 0 Å². The van der Waals surface area contributed by atoms with E-state index >= 15 is 0 Å². The third-order valence-electron chi connectivity index (χ3n) is 3.85. The minimum Gasteiger partial charge on any atom is -0.454 e. The second-order valence-electron chi connectivity index (χ2n) is 5.74. The summed E-state index contributed by atoms with van der Waals surface area (Å²) in [6.45, 7) is 0.156. The Morgan fingerprint density at radius 2 is 1.82 bits per heavy atom. The summed E-state index contributed by atoms with van der Waals surface area (Å²) < 4.78 is 15.8. The second-order valence-corrected chi connectivity index (χ2v) is 5.74. The molecule has 3 amide bonds. The van der Waals surface area contributed by atoms with Crippen LogP contribution in [0.1, 0.15) is 17.2 Å². The van der Waals surface area contributed by atoms with Crippen LogP contribution in [-0.4, -0.2) is 31.7 Å². The quantitative estimate of drug-likeness (QED) is 0.607. The van der Waals surface area contributed by atoms with E-state index in [1.165, 1.54) is 19.2 Å². The van der Waals surface area contributed by atoms with E-state index < -0.39 is 24.0 Å². The summed E-state index contributed by atoms with van der Waals surface area (Å²) >= 11 is 0. The van der Waals surface area contributed by atoms with Gasteiger partial charge in [0.05, 0.1) is 0 Å². The molecule has 0 unspecified atom stereocenters. The maximum Gasteiger partial charge on any atom is 0.331 e. The first-order chi connectivity index (χ1) is 13.6. The number of benzene rings is 2. The molecule has 0 aromatic heterocycles. The van der Waals surface area contributed by atoms with Crippen molar-refractivity contribution in [2.45, 2.75) is 6.10 Å². The fourth-order valence-corrected chi connectivity index (χ4v) is 2.48. The highest BCUT2D eigenvalue weighted by atomic mass is 16.7. The van der Waals surface area contributed by atoms with E-state index in [1.54, 1.807) is 48.5 Å². The van der Waals surface area contributed by atoms with Gasteiger partial charge >= 0.3 is 12.0 Å². The van der Waals surface area contributed by atoms with Gasteiger partial charge in [-0.25, -0.2) is 9.59 Å². The third-order valence-corrected chi connectivity index (χ3v) is 3.85. The average Bonchev–Trinajstić information content (AvgIpc) is 3.18. The maximum absolute atomic E-state index is 12.3. The summed E-state index contributed by atoms with van der Waals surface area (Å²) in [5.41, 5.74) is 1.14. The van der Waals surface area contributed by atoms with Crippen LogP contribution in [0.3, 0.4) is 0 Å². The number of carbonyl (C=O) groups is 3. The molecule has 28 heavy (non-hydrogen) atoms. The van der Waals surface area contributed by atoms with Gasteiger partial charge in [0.15, 0.2) is 11.5 Å². The number of urea groups is 1. The summed E-state index contributed by atoms with van der Waals surface area (Å²) in [6.07, 6.45) is 1.45. The number of ether oxygens (including phenoxy) is 3. The molecule has 144 valence electrons. The molecule has 1 aliphatic heterocycles. The molecule has 8 heteroatoms. The largest absolute Gasteiger partial charge is 0.454 e. The third kappa shape index (κ3) is 4.67. The van der Waals surface area contributed by atoms with Gasteiger partial charge in [0.1, 0.15) is 0 Å². The molecule has 2 aromatic carbocycles. The first-order valence-corrected chi connectivity index (χ1v) is 8.42. The lowest BCUT2D eigenvalue weighted by atomic mass is 10.1. The van der Waals surface area contributed by atoms with Gasteiger partial charge in [-0.15, -0.1) is 0 Å². The zero-order valence-corrected chi connectivity index (χ0v) is 15.0. The lowest BCUT2D eigenvalue weighted by Gasteiger charge is -2.16. The Hall–Kier alpha value is -3.81. The fourth-order valence-electron chi connectivity index (χ4n) is 2.48. The van der Waals surface area contributed by atoms with Crippen molar-refractivity contribution in [3.8, 4) is 11.5 Å². The second kappa shape index (κ2) is 8.72. The van der Waals surface area contributed by atoms with Gasteiger partial charge in [-0.05, 0) is 23.8 Å². The zero-order valence-electron chi connectivity index (χ0n) is 15.0. The van der Waals surface area contributed by atoms with Crippen LogP contribution in [0.4, 0.5) is 4.79 Å². The number of amides is 3. The summed E-state index contributed by atoms with van der Waals surface area (Å²) in [4.78, 5) is 36.0. The van der Waals surface area contributed by atoms with Crippen molar-refractivity contribution in [2.24, 2.45) is 0 Å². The standard InChI is InChI=1S/C20H18N2O6/c1-21-20(25)22-19(24)18(14-5-3-2-4-6-14)28-17(23)10-8-13-7-9-15-16(11-13)27-12-26-15/h2-11,18H,12H2,1H3,(H2,21,22,24,25)/b10-8+/t18-/m1/s1. The summed E-state index contributed by atoms with van der Waals surface area (Å²) in [7, 11) is 1.38. The molecule has 1 heterocycles. The van der Waals surface area contributed by atoms with Crippen molar-refractivity contribution in [1.82, 2.24) is 10.6 Å². The summed E-state index contributed by atoms with van der Waals surface area (Å²) in [5.74, 6) is -0.272. The van der Waals surface area contributed by atoms with Crippen LogP contribution < -0.4 is 20.1 Å². The van der Waals surface area contributed by atoms with E-state index in [-0.39, 0.29) is 6.79 Å². The van der Waals surface area contributed by atoms with Crippen molar-refractivity contribution < 1.29 is 28.6 Å². The number of carbonyl (C=O) groups excluding carboxylic acids is 3. The van der Waals surface area contributed by atoms with Crippen LogP contribution in [0.15, 0.2) is 54.6 Å². The molecular formula is C20H18N2O6. The molecule has 0 bridgehead atoms. The molecule has 1 aliphatic rings. The van der Waals surface area contributed by atoms with Crippen molar-refractivity contribution in [3.05, 3.63) is 65.7 Å². The molecule has 8 nitrogen and oxygen atoms in total. The van der Waals surface area contributed by atoms with Gasteiger partial charge in [-0.1, -0.05) is 36.4 Å². The highest BCUT2D eigenvalue weighted by Crippen LogP contribution is 2.32. The first-order valence-electron chi connectivity index (χ1n) is 8.42. The maximum atomic E-state index is 12.3.